The van der Waals surface area contributed by atoms with E-state index in [-0.39, 0.29) is 11.8 Å². The van der Waals surface area contributed by atoms with Crippen molar-refractivity contribution < 1.29 is 13.7 Å². The Morgan fingerprint density at radius 2 is 2.21 bits per heavy atom. The Morgan fingerprint density at radius 3 is 2.96 bits per heavy atom. The van der Waals surface area contributed by atoms with E-state index in [0.717, 1.165) is 5.56 Å². The van der Waals surface area contributed by atoms with Crippen molar-refractivity contribution in [1.29, 1.82) is 0 Å². The van der Waals surface area contributed by atoms with Crippen LogP contribution in [-0.2, 0) is 4.79 Å². The largest absolute Gasteiger partial charge is 0.465 e. The summed E-state index contributed by atoms with van der Waals surface area (Å²) in [7, 11) is 0. The van der Waals surface area contributed by atoms with Gasteiger partial charge in [0, 0.05) is 37.1 Å². The molecule has 0 aromatic carbocycles. The molecule has 1 aliphatic rings. The molecule has 0 N–H and O–H groups in total. The average Bonchev–Trinajstić information content (AvgIpc) is 3.24. The van der Waals surface area contributed by atoms with Crippen molar-refractivity contribution in [2.75, 3.05) is 13.1 Å². The average molecular weight is 322 g/mol. The molecule has 7 nitrogen and oxygen atoms in total. The van der Waals surface area contributed by atoms with Crippen molar-refractivity contribution in [3.8, 4) is 11.4 Å². The van der Waals surface area contributed by atoms with E-state index in [0.29, 0.717) is 30.6 Å². The Labute approximate surface area is 137 Å². The summed E-state index contributed by atoms with van der Waals surface area (Å²) < 4.78 is 10.5. The van der Waals surface area contributed by atoms with E-state index in [1.165, 1.54) is 6.08 Å². The van der Waals surface area contributed by atoms with Gasteiger partial charge in [0.25, 0.3) is 0 Å². The molecule has 1 amide bonds. The molecule has 0 saturated carbocycles. The molecule has 0 aliphatic carbocycles. The van der Waals surface area contributed by atoms with Gasteiger partial charge in [0.2, 0.25) is 17.6 Å². The zero-order valence-electron chi connectivity index (χ0n) is 12.7. The second-order valence-corrected chi connectivity index (χ2v) is 5.49. The highest BCUT2D eigenvalue weighted by atomic mass is 16.5. The van der Waals surface area contributed by atoms with Crippen LogP contribution in [0.25, 0.3) is 17.5 Å². The maximum atomic E-state index is 12.0. The highest BCUT2D eigenvalue weighted by Gasteiger charge is 2.34. The molecule has 0 radical (unpaired) electrons. The lowest BCUT2D eigenvalue weighted by atomic mass is 10.00. The van der Waals surface area contributed by atoms with Crippen LogP contribution >= 0.6 is 0 Å². The van der Waals surface area contributed by atoms with E-state index in [9.17, 15) is 4.79 Å². The van der Waals surface area contributed by atoms with Crippen LogP contribution in [0, 0.1) is 0 Å². The van der Waals surface area contributed by atoms with Crippen molar-refractivity contribution in [2.45, 2.75) is 5.92 Å². The molecule has 4 rings (SSSR count). The molecular weight excluding hydrogens is 308 g/mol. The first-order chi connectivity index (χ1) is 11.8. The highest BCUT2D eigenvalue weighted by molar-refractivity contribution is 5.92. The van der Waals surface area contributed by atoms with Crippen LogP contribution in [0.15, 0.2) is 57.9 Å². The van der Waals surface area contributed by atoms with Crippen molar-refractivity contribution >= 4 is 12.0 Å². The number of likely N-dealkylation sites (tertiary alicyclic amines) is 1. The van der Waals surface area contributed by atoms with Gasteiger partial charge < -0.3 is 13.8 Å². The lowest BCUT2D eigenvalue weighted by molar-refractivity contribution is -0.130. The van der Waals surface area contributed by atoms with Crippen LogP contribution in [0.4, 0.5) is 0 Å². The first-order valence-electron chi connectivity index (χ1n) is 7.54. The number of aromatic nitrogens is 3. The summed E-state index contributed by atoms with van der Waals surface area (Å²) in [5.74, 6) is 1.73. The van der Waals surface area contributed by atoms with Gasteiger partial charge in [-0.2, -0.15) is 4.98 Å². The summed E-state index contributed by atoms with van der Waals surface area (Å²) in [5.41, 5.74) is 0.807. The molecule has 0 atom stereocenters. The third-order valence-electron chi connectivity index (χ3n) is 3.84. The molecule has 120 valence electrons. The van der Waals surface area contributed by atoms with Crippen LogP contribution in [0.3, 0.4) is 0 Å². The number of pyridine rings is 1. The Balaban J connectivity index is 1.36. The van der Waals surface area contributed by atoms with Crippen LogP contribution in [-0.4, -0.2) is 39.0 Å². The molecular formula is C17H14N4O3. The molecule has 0 unspecified atom stereocenters. The van der Waals surface area contributed by atoms with Gasteiger partial charge in [0.05, 0.1) is 12.2 Å². The van der Waals surface area contributed by atoms with Gasteiger partial charge in [-0.05, 0) is 30.3 Å². The smallest absolute Gasteiger partial charge is 0.246 e. The van der Waals surface area contributed by atoms with E-state index in [1.54, 1.807) is 41.8 Å². The molecule has 1 saturated heterocycles. The second-order valence-electron chi connectivity index (χ2n) is 5.49. The maximum absolute atomic E-state index is 12.0. The quantitative estimate of drug-likeness (QED) is 0.686. The maximum Gasteiger partial charge on any atom is 0.246 e. The number of amides is 1. The van der Waals surface area contributed by atoms with E-state index in [4.69, 9.17) is 8.94 Å². The van der Waals surface area contributed by atoms with Crippen molar-refractivity contribution in [3.63, 3.8) is 0 Å². The fourth-order valence-electron chi connectivity index (χ4n) is 2.47. The van der Waals surface area contributed by atoms with Crippen molar-refractivity contribution in [1.82, 2.24) is 20.0 Å². The number of nitrogens with zero attached hydrogens (tertiary/aromatic N) is 4. The Hall–Kier alpha value is -3.22. The van der Waals surface area contributed by atoms with E-state index in [2.05, 4.69) is 15.1 Å². The van der Waals surface area contributed by atoms with Gasteiger partial charge in [0.1, 0.15) is 5.76 Å². The van der Waals surface area contributed by atoms with Gasteiger partial charge in [0.15, 0.2) is 0 Å². The number of carbonyl (C=O) groups excluding carboxylic acids is 1. The normalized spacial score (nSPS) is 14.9. The monoisotopic (exact) mass is 322 g/mol. The number of hydrogen-bond acceptors (Lipinski definition) is 6. The minimum absolute atomic E-state index is 0.0605. The third kappa shape index (κ3) is 2.83. The molecule has 3 aromatic rings. The van der Waals surface area contributed by atoms with E-state index in [1.807, 2.05) is 12.1 Å². The fraction of sp³-hybridized carbons (Fsp3) is 0.176. The van der Waals surface area contributed by atoms with Crippen molar-refractivity contribution in [2.24, 2.45) is 0 Å². The number of carbonyl (C=O) groups is 1. The molecule has 0 spiro atoms. The highest BCUT2D eigenvalue weighted by Crippen LogP contribution is 2.27. The molecule has 24 heavy (non-hydrogen) atoms. The molecule has 1 aliphatic heterocycles. The van der Waals surface area contributed by atoms with E-state index >= 15 is 0 Å². The number of furan rings is 1. The van der Waals surface area contributed by atoms with Crippen LogP contribution in [0.2, 0.25) is 0 Å². The summed E-state index contributed by atoms with van der Waals surface area (Å²) in [6, 6.07) is 7.26. The standard InChI is InChI=1S/C17H14N4O3/c22-15(6-5-14-4-2-8-23-14)21-10-13(11-21)17-19-16(20-24-17)12-3-1-7-18-9-12/h1-9,13H,10-11H2/b6-5+. The van der Waals surface area contributed by atoms with Crippen molar-refractivity contribution in [3.05, 3.63) is 60.6 Å². The molecule has 0 bridgehead atoms. The second kappa shape index (κ2) is 6.11. The molecule has 1 fully saturated rings. The molecule has 7 heteroatoms. The first kappa shape index (κ1) is 14.4. The lowest BCUT2D eigenvalue weighted by Crippen LogP contribution is -2.47. The Bertz CT molecular complexity index is 849. The number of hydrogen-bond donors (Lipinski definition) is 0. The van der Waals surface area contributed by atoms with Gasteiger partial charge in [-0.1, -0.05) is 5.16 Å². The lowest BCUT2D eigenvalue weighted by Gasteiger charge is -2.36. The summed E-state index contributed by atoms with van der Waals surface area (Å²) in [6.07, 6.45) is 8.10. The predicted octanol–water partition coefficient (Wildman–Crippen LogP) is 2.36. The predicted molar refractivity (Wildman–Crippen MR) is 84.6 cm³/mol. The fourth-order valence-corrected chi connectivity index (χ4v) is 2.47. The zero-order valence-corrected chi connectivity index (χ0v) is 12.7. The number of rotatable bonds is 4. The summed E-state index contributed by atoms with van der Waals surface area (Å²) in [5, 5.41) is 3.97. The Morgan fingerprint density at radius 1 is 1.29 bits per heavy atom. The summed E-state index contributed by atoms with van der Waals surface area (Å²) in [4.78, 5) is 22.2. The Kier molecular flexibility index (Phi) is 3.66. The van der Waals surface area contributed by atoms with E-state index < -0.39 is 0 Å². The van der Waals surface area contributed by atoms with Gasteiger partial charge >= 0.3 is 0 Å². The molecule has 4 heterocycles. The minimum atomic E-state index is -0.0605. The van der Waals surface area contributed by atoms with Crippen LogP contribution in [0.5, 0.6) is 0 Å². The van der Waals surface area contributed by atoms with Gasteiger partial charge in [-0.15, -0.1) is 0 Å². The van der Waals surface area contributed by atoms with Crippen LogP contribution < -0.4 is 0 Å². The third-order valence-corrected chi connectivity index (χ3v) is 3.84. The summed E-state index contributed by atoms with van der Waals surface area (Å²) in [6.45, 7) is 1.13. The SMILES string of the molecule is O=C(/C=C/c1ccco1)N1CC(c2nc(-c3cccnc3)no2)C1. The first-order valence-corrected chi connectivity index (χ1v) is 7.54. The topological polar surface area (TPSA) is 85.3 Å². The van der Waals surface area contributed by atoms with Crippen LogP contribution in [0.1, 0.15) is 17.6 Å². The minimum Gasteiger partial charge on any atom is -0.465 e. The zero-order chi connectivity index (χ0) is 16.4. The van der Waals surface area contributed by atoms with Gasteiger partial charge in [-0.25, -0.2) is 0 Å². The van der Waals surface area contributed by atoms with Gasteiger partial charge in [-0.3, -0.25) is 9.78 Å². The molecule has 3 aromatic heterocycles. The summed E-state index contributed by atoms with van der Waals surface area (Å²) >= 11 is 0.